The van der Waals surface area contributed by atoms with Gasteiger partial charge in [0, 0.05) is 23.5 Å². The van der Waals surface area contributed by atoms with Crippen molar-refractivity contribution in [2.45, 2.75) is 11.9 Å². The van der Waals surface area contributed by atoms with Crippen LogP contribution >= 0.6 is 11.8 Å². The van der Waals surface area contributed by atoms with Gasteiger partial charge in [-0.05, 0) is 19.1 Å². The monoisotopic (exact) mass is 380 g/mol. The Bertz CT molecular complexity index is 954. The van der Waals surface area contributed by atoms with E-state index in [1.807, 2.05) is 55.5 Å². The molecule has 0 aliphatic carbocycles. The molecule has 0 saturated carbocycles. The molecule has 7 heteroatoms. The van der Waals surface area contributed by atoms with E-state index < -0.39 is 0 Å². The molecule has 1 aromatic heterocycles. The summed E-state index contributed by atoms with van der Waals surface area (Å²) in [6.45, 7) is 1.98. The highest BCUT2D eigenvalue weighted by atomic mass is 32.2. The Hall–Kier alpha value is -2.93. The lowest BCUT2D eigenvalue weighted by atomic mass is 10.2. The van der Waals surface area contributed by atoms with Crippen molar-refractivity contribution in [1.82, 2.24) is 15.1 Å². The standard InChI is InChI=1S/C20H20N4O2S/c1-14-7-9-16(10-8-14)22-18(25)12-24(2)19(26)13-27-20-17-6-4-3-5-15(17)11-21-23-20/h3-11H,12-13H2,1-2H3,(H,22,25). The molecule has 0 fully saturated rings. The van der Waals surface area contributed by atoms with E-state index in [2.05, 4.69) is 15.5 Å². The predicted octanol–water partition coefficient (Wildman–Crippen LogP) is 3.13. The summed E-state index contributed by atoms with van der Waals surface area (Å²) in [5, 5.41) is 13.5. The molecule has 2 aromatic carbocycles. The van der Waals surface area contributed by atoms with Crippen LogP contribution in [0.15, 0.2) is 59.8 Å². The van der Waals surface area contributed by atoms with Crippen molar-refractivity contribution >= 4 is 40.0 Å². The molecule has 0 spiro atoms. The highest BCUT2D eigenvalue weighted by Gasteiger charge is 2.15. The van der Waals surface area contributed by atoms with E-state index in [1.54, 1.807) is 13.2 Å². The Kier molecular flexibility index (Phi) is 6.03. The van der Waals surface area contributed by atoms with Gasteiger partial charge in [-0.3, -0.25) is 9.59 Å². The van der Waals surface area contributed by atoms with Gasteiger partial charge >= 0.3 is 0 Å². The Balaban J connectivity index is 1.54. The van der Waals surface area contributed by atoms with E-state index in [0.29, 0.717) is 10.7 Å². The number of carbonyl (C=O) groups is 2. The van der Waals surface area contributed by atoms with Crippen LogP contribution in [0.4, 0.5) is 5.69 Å². The van der Waals surface area contributed by atoms with Crippen molar-refractivity contribution in [1.29, 1.82) is 0 Å². The van der Waals surface area contributed by atoms with E-state index in [-0.39, 0.29) is 24.1 Å². The fraction of sp³-hybridized carbons (Fsp3) is 0.200. The normalized spacial score (nSPS) is 10.6. The molecule has 0 bridgehead atoms. The van der Waals surface area contributed by atoms with Crippen LogP contribution in [0.25, 0.3) is 10.8 Å². The molecule has 0 atom stereocenters. The molecule has 3 aromatic rings. The van der Waals surface area contributed by atoms with Gasteiger partial charge in [0.15, 0.2) is 0 Å². The molecule has 0 saturated heterocycles. The van der Waals surface area contributed by atoms with Gasteiger partial charge in [0.1, 0.15) is 5.03 Å². The van der Waals surface area contributed by atoms with Crippen molar-refractivity contribution in [2.75, 3.05) is 24.7 Å². The van der Waals surface area contributed by atoms with Crippen LogP contribution in [0.3, 0.4) is 0 Å². The van der Waals surface area contributed by atoms with Gasteiger partial charge in [0.25, 0.3) is 0 Å². The minimum atomic E-state index is -0.232. The Morgan fingerprint density at radius 3 is 2.63 bits per heavy atom. The first-order valence-corrected chi connectivity index (χ1v) is 9.45. The highest BCUT2D eigenvalue weighted by molar-refractivity contribution is 8.00. The van der Waals surface area contributed by atoms with Crippen LogP contribution in [0, 0.1) is 6.92 Å². The van der Waals surface area contributed by atoms with Gasteiger partial charge in [-0.25, -0.2) is 0 Å². The number of hydrogen-bond acceptors (Lipinski definition) is 5. The average molecular weight is 380 g/mol. The summed E-state index contributed by atoms with van der Waals surface area (Å²) in [6.07, 6.45) is 1.70. The quantitative estimate of drug-likeness (QED) is 0.665. The molecule has 0 aliphatic heterocycles. The number of nitrogens with one attached hydrogen (secondary N) is 1. The summed E-state index contributed by atoms with van der Waals surface area (Å²) in [5.74, 6) is -0.185. The predicted molar refractivity (Wildman–Crippen MR) is 108 cm³/mol. The smallest absolute Gasteiger partial charge is 0.243 e. The fourth-order valence-electron chi connectivity index (χ4n) is 2.49. The van der Waals surface area contributed by atoms with Crippen molar-refractivity contribution in [3.63, 3.8) is 0 Å². The molecular formula is C20H20N4O2S. The molecule has 2 amide bonds. The van der Waals surface area contributed by atoms with E-state index >= 15 is 0 Å². The second kappa shape index (κ2) is 8.64. The maximum Gasteiger partial charge on any atom is 0.243 e. The molecular weight excluding hydrogens is 360 g/mol. The average Bonchev–Trinajstić information content (AvgIpc) is 2.67. The van der Waals surface area contributed by atoms with Crippen LogP contribution in [0.1, 0.15) is 5.56 Å². The lowest BCUT2D eigenvalue weighted by molar-refractivity contribution is -0.131. The molecule has 27 heavy (non-hydrogen) atoms. The largest absolute Gasteiger partial charge is 0.336 e. The second-order valence-electron chi connectivity index (χ2n) is 6.19. The first-order valence-electron chi connectivity index (χ1n) is 8.46. The molecule has 3 rings (SSSR count). The minimum absolute atomic E-state index is 0.00547. The molecule has 1 N–H and O–H groups in total. The Morgan fingerprint density at radius 1 is 1.11 bits per heavy atom. The van der Waals surface area contributed by atoms with Gasteiger partial charge in [-0.15, -0.1) is 5.10 Å². The third-order valence-electron chi connectivity index (χ3n) is 4.01. The SMILES string of the molecule is Cc1ccc(NC(=O)CN(C)C(=O)CSc2nncc3ccccc23)cc1. The Morgan fingerprint density at radius 2 is 1.85 bits per heavy atom. The number of likely N-dealkylation sites (N-methyl/N-ethyl adjacent to an activating group) is 1. The number of aromatic nitrogens is 2. The van der Waals surface area contributed by atoms with Gasteiger partial charge in [0.05, 0.1) is 18.5 Å². The highest BCUT2D eigenvalue weighted by Crippen LogP contribution is 2.24. The minimum Gasteiger partial charge on any atom is -0.336 e. The number of carbonyl (C=O) groups excluding carboxylic acids is 2. The number of aryl methyl sites for hydroxylation is 1. The first kappa shape index (κ1) is 18.8. The van der Waals surface area contributed by atoms with Gasteiger partial charge in [0.2, 0.25) is 11.8 Å². The molecule has 138 valence electrons. The van der Waals surface area contributed by atoms with Crippen LogP contribution in [0.5, 0.6) is 0 Å². The maximum atomic E-state index is 12.4. The van der Waals surface area contributed by atoms with Crippen molar-refractivity contribution in [3.8, 4) is 0 Å². The van der Waals surface area contributed by atoms with Gasteiger partial charge < -0.3 is 10.2 Å². The fourth-order valence-corrected chi connectivity index (χ4v) is 3.42. The number of amides is 2. The van der Waals surface area contributed by atoms with E-state index in [9.17, 15) is 9.59 Å². The second-order valence-corrected chi connectivity index (χ2v) is 7.15. The summed E-state index contributed by atoms with van der Waals surface area (Å²) < 4.78 is 0. The topological polar surface area (TPSA) is 75.2 Å². The van der Waals surface area contributed by atoms with Crippen molar-refractivity contribution in [3.05, 3.63) is 60.3 Å². The zero-order chi connectivity index (χ0) is 19.2. The van der Waals surface area contributed by atoms with Crippen molar-refractivity contribution < 1.29 is 9.59 Å². The third-order valence-corrected chi connectivity index (χ3v) is 4.98. The van der Waals surface area contributed by atoms with E-state index in [1.165, 1.54) is 16.7 Å². The van der Waals surface area contributed by atoms with E-state index in [0.717, 1.165) is 16.3 Å². The third kappa shape index (κ3) is 5.04. The number of anilines is 1. The Labute approximate surface area is 162 Å². The molecule has 0 aliphatic rings. The number of rotatable bonds is 6. The number of benzene rings is 2. The lowest BCUT2D eigenvalue weighted by Gasteiger charge is -2.16. The lowest BCUT2D eigenvalue weighted by Crippen LogP contribution is -2.35. The summed E-state index contributed by atoms with van der Waals surface area (Å²) in [5.41, 5.74) is 1.83. The molecule has 0 unspecified atom stereocenters. The number of nitrogens with zero attached hydrogens (tertiary/aromatic N) is 3. The summed E-state index contributed by atoms with van der Waals surface area (Å²) in [4.78, 5) is 25.9. The van der Waals surface area contributed by atoms with E-state index in [4.69, 9.17) is 0 Å². The zero-order valence-electron chi connectivity index (χ0n) is 15.2. The van der Waals surface area contributed by atoms with Gasteiger partial charge in [-0.2, -0.15) is 5.10 Å². The summed E-state index contributed by atoms with van der Waals surface area (Å²) in [7, 11) is 1.62. The molecule has 6 nitrogen and oxygen atoms in total. The zero-order valence-corrected chi connectivity index (χ0v) is 16.0. The molecule has 1 heterocycles. The number of thioether (sulfide) groups is 1. The van der Waals surface area contributed by atoms with Gasteiger partial charge in [-0.1, -0.05) is 53.7 Å². The summed E-state index contributed by atoms with van der Waals surface area (Å²) in [6, 6.07) is 15.3. The maximum absolute atomic E-state index is 12.4. The van der Waals surface area contributed by atoms with Crippen LogP contribution in [-0.4, -0.2) is 46.3 Å². The summed E-state index contributed by atoms with van der Waals surface area (Å²) >= 11 is 1.32. The van der Waals surface area contributed by atoms with Crippen LogP contribution < -0.4 is 5.32 Å². The first-order chi connectivity index (χ1) is 13.0. The van der Waals surface area contributed by atoms with Crippen LogP contribution in [0.2, 0.25) is 0 Å². The molecule has 0 radical (unpaired) electrons. The number of hydrogen-bond donors (Lipinski definition) is 1. The van der Waals surface area contributed by atoms with Crippen LogP contribution in [-0.2, 0) is 9.59 Å². The number of fused-ring (bicyclic) bond motifs is 1. The van der Waals surface area contributed by atoms with Crippen molar-refractivity contribution in [2.24, 2.45) is 0 Å².